The van der Waals surface area contributed by atoms with Crippen LogP contribution in [0, 0.1) is 5.92 Å². The van der Waals surface area contributed by atoms with E-state index in [2.05, 4.69) is 21.5 Å². The predicted octanol–water partition coefficient (Wildman–Crippen LogP) is 1.29. The molecule has 0 aromatic heterocycles. The summed E-state index contributed by atoms with van der Waals surface area (Å²) in [6.07, 6.45) is 1.88. The second-order valence-corrected chi connectivity index (χ2v) is 4.98. The highest BCUT2D eigenvalue weighted by Gasteiger charge is 2.29. The van der Waals surface area contributed by atoms with Crippen LogP contribution in [-0.2, 0) is 4.79 Å². The predicted molar refractivity (Wildman–Crippen MR) is 82.4 cm³/mol. The maximum atomic E-state index is 11.4. The molecule has 1 aliphatic carbocycles. The molecule has 0 unspecified atom stereocenters. The van der Waals surface area contributed by atoms with Crippen molar-refractivity contribution < 1.29 is 4.79 Å². The topological polar surface area (TPSA) is 65.2 Å². The first-order chi connectivity index (χ1) is 9.15. The minimum Gasteiger partial charge on any atom is -0.331 e. The largest absolute Gasteiger partial charge is 0.331 e. The van der Waals surface area contributed by atoms with Crippen LogP contribution in [0.15, 0.2) is 30.3 Å². The van der Waals surface area contributed by atoms with Gasteiger partial charge in [0, 0.05) is 11.6 Å². The number of hydrogen-bond acceptors (Lipinski definition) is 3. The average molecular weight is 294 g/mol. The Kier molecular flexibility index (Phi) is 4.64. The molecular formula is C12H14N4OS2. The van der Waals surface area contributed by atoms with E-state index in [0.29, 0.717) is 5.11 Å². The molecule has 2 rings (SSSR count). The zero-order valence-corrected chi connectivity index (χ0v) is 11.7. The van der Waals surface area contributed by atoms with Crippen LogP contribution in [0.3, 0.4) is 0 Å². The van der Waals surface area contributed by atoms with Gasteiger partial charge in [0.15, 0.2) is 10.2 Å². The minimum absolute atomic E-state index is 0.0405. The molecule has 0 radical (unpaired) electrons. The molecule has 0 bridgehead atoms. The van der Waals surface area contributed by atoms with Crippen molar-refractivity contribution in [2.24, 2.45) is 5.92 Å². The molecule has 0 aliphatic heterocycles. The molecule has 5 nitrogen and oxygen atoms in total. The summed E-state index contributed by atoms with van der Waals surface area (Å²) in [5.74, 6) is 0.0791. The van der Waals surface area contributed by atoms with Gasteiger partial charge in [-0.2, -0.15) is 0 Å². The second-order valence-electron chi connectivity index (χ2n) is 4.16. The molecule has 0 saturated heterocycles. The number of para-hydroxylation sites is 1. The maximum Gasteiger partial charge on any atom is 0.229 e. The van der Waals surface area contributed by atoms with Gasteiger partial charge < -0.3 is 10.6 Å². The van der Waals surface area contributed by atoms with Gasteiger partial charge in [0.25, 0.3) is 0 Å². The molecule has 0 heterocycles. The van der Waals surface area contributed by atoms with E-state index in [4.69, 9.17) is 24.4 Å². The highest BCUT2D eigenvalue weighted by Crippen LogP contribution is 2.28. The van der Waals surface area contributed by atoms with E-state index in [0.717, 1.165) is 18.5 Å². The number of hydrogen-bond donors (Lipinski definition) is 4. The van der Waals surface area contributed by atoms with Gasteiger partial charge in [-0.15, -0.1) is 0 Å². The van der Waals surface area contributed by atoms with Gasteiger partial charge in [0.2, 0.25) is 5.91 Å². The SMILES string of the molecule is O=C(NC(=S)NNC(=S)Nc1ccccc1)C1CC1. The fraction of sp³-hybridized carbons (Fsp3) is 0.250. The Hall–Kier alpha value is -1.73. The van der Waals surface area contributed by atoms with Crippen LogP contribution in [0.4, 0.5) is 5.69 Å². The first kappa shape index (κ1) is 13.7. The van der Waals surface area contributed by atoms with Gasteiger partial charge >= 0.3 is 0 Å². The summed E-state index contributed by atoms with van der Waals surface area (Å²) >= 11 is 10.0. The van der Waals surface area contributed by atoms with Crippen LogP contribution in [0.25, 0.3) is 0 Å². The fourth-order valence-electron chi connectivity index (χ4n) is 1.39. The lowest BCUT2D eigenvalue weighted by Crippen LogP contribution is -2.49. The van der Waals surface area contributed by atoms with E-state index in [1.807, 2.05) is 30.3 Å². The van der Waals surface area contributed by atoms with E-state index < -0.39 is 0 Å². The monoisotopic (exact) mass is 294 g/mol. The third kappa shape index (κ3) is 4.80. The highest BCUT2D eigenvalue weighted by molar-refractivity contribution is 7.80. The maximum absolute atomic E-state index is 11.4. The zero-order chi connectivity index (χ0) is 13.7. The summed E-state index contributed by atoms with van der Waals surface area (Å²) in [4.78, 5) is 11.4. The molecule has 100 valence electrons. The number of thiocarbonyl (C=S) groups is 2. The lowest BCUT2D eigenvalue weighted by Gasteiger charge is -2.13. The Bertz CT molecular complexity index is 488. The summed E-state index contributed by atoms with van der Waals surface area (Å²) in [7, 11) is 0. The lowest BCUT2D eigenvalue weighted by atomic mass is 10.3. The normalized spacial score (nSPS) is 13.3. The van der Waals surface area contributed by atoms with Crippen LogP contribution in [0.1, 0.15) is 12.8 Å². The van der Waals surface area contributed by atoms with E-state index in [9.17, 15) is 4.79 Å². The molecule has 1 saturated carbocycles. The van der Waals surface area contributed by atoms with Gasteiger partial charge in [-0.05, 0) is 49.4 Å². The summed E-state index contributed by atoms with van der Waals surface area (Å²) in [6, 6.07) is 9.50. The van der Waals surface area contributed by atoms with E-state index in [1.54, 1.807) is 0 Å². The smallest absolute Gasteiger partial charge is 0.229 e. The molecule has 1 aliphatic rings. The lowest BCUT2D eigenvalue weighted by molar-refractivity contribution is -0.120. The number of anilines is 1. The molecule has 0 spiro atoms. The van der Waals surface area contributed by atoms with Gasteiger partial charge in [-0.25, -0.2) is 0 Å². The summed E-state index contributed by atoms with van der Waals surface area (Å²) in [6.45, 7) is 0. The summed E-state index contributed by atoms with van der Waals surface area (Å²) in [5.41, 5.74) is 6.24. The Labute approximate surface area is 122 Å². The van der Waals surface area contributed by atoms with Gasteiger partial charge in [0.05, 0.1) is 0 Å². The van der Waals surface area contributed by atoms with Crippen molar-refractivity contribution in [1.82, 2.24) is 16.2 Å². The van der Waals surface area contributed by atoms with Gasteiger partial charge in [0.1, 0.15) is 0 Å². The number of nitrogens with one attached hydrogen (secondary N) is 4. The van der Waals surface area contributed by atoms with Crippen molar-refractivity contribution >= 4 is 46.3 Å². The zero-order valence-electron chi connectivity index (χ0n) is 10.1. The van der Waals surface area contributed by atoms with E-state index in [-0.39, 0.29) is 16.9 Å². The first-order valence-corrected chi connectivity index (χ1v) is 6.69. The van der Waals surface area contributed by atoms with Crippen molar-refractivity contribution in [2.45, 2.75) is 12.8 Å². The van der Waals surface area contributed by atoms with Crippen molar-refractivity contribution in [3.63, 3.8) is 0 Å². The highest BCUT2D eigenvalue weighted by atomic mass is 32.1. The first-order valence-electron chi connectivity index (χ1n) is 5.88. The Morgan fingerprint density at radius 3 is 2.32 bits per heavy atom. The quantitative estimate of drug-likeness (QED) is 0.487. The Balaban J connectivity index is 1.68. The third-order valence-corrected chi connectivity index (χ3v) is 2.91. The van der Waals surface area contributed by atoms with E-state index >= 15 is 0 Å². The van der Waals surface area contributed by atoms with Gasteiger partial charge in [-0.1, -0.05) is 18.2 Å². The van der Waals surface area contributed by atoms with Crippen molar-refractivity contribution in [3.8, 4) is 0 Å². The molecule has 1 aromatic rings. The number of carbonyl (C=O) groups is 1. The van der Waals surface area contributed by atoms with Crippen LogP contribution in [-0.4, -0.2) is 16.1 Å². The molecule has 7 heteroatoms. The molecule has 1 amide bonds. The molecule has 1 aromatic carbocycles. The summed E-state index contributed by atoms with van der Waals surface area (Å²) in [5, 5.41) is 6.15. The number of benzene rings is 1. The van der Waals surface area contributed by atoms with Crippen molar-refractivity contribution in [3.05, 3.63) is 30.3 Å². The minimum atomic E-state index is -0.0405. The number of rotatable bonds is 2. The fourth-order valence-corrected chi connectivity index (χ4v) is 1.71. The number of hydrazine groups is 1. The average Bonchev–Trinajstić information content (AvgIpc) is 3.22. The van der Waals surface area contributed by atoms with Crippen LogP contribution < -0.4 is 21.5 Å². The molecule has 4 N–H and O–H groups in total. The Morgan fingerprint density at radius 1 is 1.05 bits per heavy atom. The van der Waals surface area contributed by atoms with E-state index in [1.165, 1.54) is 0 Å². The molecular weight excluding hydrogens is 280 g/mol. The third-order valence-electron chi connectivity index (χ3n) is 2.51. The second kappa shape index (κ2) is 6.44. The van der Waals surface area contributed by atoms with Crippen molar-refractivity contribution in [1.29, 1.82) is 0 Å². The number of amides is 1. The van der Waals surface area contributed by atoms with Crippen LogP contribution in [0.2, 0.25) is 0 Å². The number of carbonyl (C=O) groups excluding carboxylic acids is 1. The molecule has 1 fully saturated rings. The molecule has 0 atom stereocenters. The van der Waals surface area contributed by atoms with Crippen LogP contribution in [0.5, 0.6) is 0 Å². The standard InChI is InChI=1S/C12H14N4OS2/c17-10(8-6-7-8)14-12(19)16-15-11(18)13-9-4-2-1-3-5-9/h1-5,8H,6-7H2,(H2,13,15,18)(H2,14,16,17,19). The Morgan fingerprint density at radius 2 is 1.68 bits per heavy atom. The molecule has 19 heavy (non-hydrogen) atoms. The van der Waals surface area contributed by atoms with Crippen LogP contribution >= 0.6 is 24.4 Å². The van der Waals surface area contributed by atoms with Crippen molar-refractivity contribution in [2.75, 3.05) is 5.32 Å². The van der Waals surface area contributed by atoms with Gasteiger partial charge in [-0.3, -0.25) is 15.6 Å². The summed E-state index contributed by atoms with van der Waals surface area (Å²) < 4.78 is 0.